The van der Waals surface area contributed by atoms with E-state index < -0.39 is 17.7 Å². The summed E-state index contributed by atoms with van der Waals surface area (Å²) in [6.07, 6.45) is 0.0568. The Hall–Kier alpha value is -3.94. The number of hydrogen-bond donors (Lipinski definition) is 0. The van der Waals surface area contributed by atoms with Gasteiger partial charge in [0.25, 0.3) is 5.91 Å². The van der Waals surface area contributed by atoms with Crippen LogP contribution in [-0.4, -0.2) is 43.4 Å². The van der Waals surface area contributed by atoms with Crippen LogP contribution in [-0.2, 0) is 11.4 Å². The molecule has 3 aromatic carbocycles. The molecule has 6 nitrogen and oxygen atoms in total. The van der Waals surface area contributed by atoms with Gasteiger partial charge in [0.2, 0.25) is 0 Å². The summed E-state index contributed by atoms with van der Waals surface area (Å²) >= 11 is 0. The number of carbonyl (C=O) groups excluding carboxylic acids is 1. The minimum Gasteiger partial charge on any atom is -0.497 e. The first-order chi connectivity index (χ1) is 16.9. The van der Waals surface area contributed by atoms with E-state index >= 15 is 0 Å². The van der Waals surface area contributed by atoms with E-state index in [1.54, 1.807) is 18.2 Å². The third kappa shape index (κ3) is 5.59. The van der Waals surface area contributed by atoms with Crippen molar-refractivity contribution in [1.82, 2.24) is 4.90 Å². The summed E-state index contributed by atoms with van der Waals surface area (Å²) in [5.41, 5.74) is 3.32. The fourth-order valence-corrected chi connectivity index (χ4v) is 3.91. The van der Waals surface area contributed by atoms with Crippen molar-refractivity contribution in [3.63, 3.8) is 0 Å². The van der Waals surface area contributed by atoms with Crippen molar-refractivity contribution in [1.29, 1.82) is 0 Å². The number of nitrogens with zero attached hydrogens (tertiary/aromatic N) is 2. The molecule has 182 valence electrons. The molecule has 1 amide bonds. The molecule has 0 aromatic heterocycles. The molecule has 0 aliphatic carbocycles. The lowest BCUT2D eigenvalue weighted by molar-refractivity contribution is 0.0401. The number of carbonyl (C=O) groups is 1. The third-order valence-corrected chi connectivity index (χ3v) is 5.84. The molecule has 1 atom stereocenters. The second-order valence-electron chi connectivity index (χ2n) is 8.32. The van der Waals surface area contributed by atoms with Gasteiger partial charge in [0.1, 0.15) is 23.1 Å². The van der Waals surface area contributed by atoms with Gasteiger partial charge in [0.15, 0.2) is 6.10 Å². The second kappa shape index (κ2) is 10.5. The molecule has 0 saturated heterocycles. The predicted octanol–water partition coefficient (Wildman–Crippen LogP) is 5.13. The molecular weight excluding hydrogens is 454 g/mol. The van der Waals surface area contributed by atoms with Gasteiger partial charge in [-0.15, -0.1) is 0 Å². The van der Waals surface area contributed by atoms with Gasteiger partial charge in [-0.25, -0.2) is 8.78 Å². The van der Waals surface area contributed by atoms with E-state index in [-0.39, 0.29) is 30.1 Å². The van der Waals surface area contributed by atoms with Crippen LogP contribution in [0.5, 0.6) is 11.5 Å². The van der Waals surface area contributed by atoms with Crippen molar-refractivity contribution in [2.75, 3.05) is 20.8 Å². The highest BCUT2D eigenvalue weighted by Gasteiger charge is 2.29. The minimum atomic E-state index is -0.728. The van der Waals surface area contributed by atoms with E-state index in [1.807, 2.05) is 31.2 Å². The van der Waals surface area contributed by atoms with Crippen molar-refractivity contribution < 1.29 is 27.9 Å². The van der Waals surface area contributed by atoms with Crippen LogP contribution in [0, 0.1) is 18.6 Å². The number of amides is 1. The molecule has 8 heteroatoms. The molecule has 0 saturated carbocycles. The molecule has 4 rings (SSSR count). The first-order valence-corrected chi connectivity index (χ1v) is 11.1. The van der Waals surface area contributed by atoms with Gasteiger partial charge in [-0.05, 0) is 30.7 Å². The summed E-state index contributed by atoms with van der Waals surface area (Å²) in [5, 5.41) is 4.21. The largest absolute Gasteiger partial charge is 0.497 e. The quantitative estimate of drug-likeness (QED) is 0.449. The lowest BCUT2D eigenvalue weighted by Gasteiger charge is -2.26. The lowest BCUT2D eigenvalue weighted by atomic mass is 10.0. The number of aryl methyl sites for hydroxylation is 1. The lowest BCUT2D eigenvalue weighted by Crippen LogP contribution is -2.37. The average molecular weight is 481 g/mol. The number of hydrogen-bond acceptors (Lipinski definition) is 5. The van der Waals surface area contributed by atoms with Crippen molar-refractivity contribution in [2.24, 2.45) is 5.16 Å². The zero-order chi connectivity index (χ0) is 24.9. The van der Waals surface area contributed by atoms with Gasteiger partial charge >= 0.3 is 0 Å². The molecule has 0 bridgehead atoms. The van der Waals surface area contributed by atoms with Crippen LogP contribution in [0.2, 0.25) is 0 Å². The topological polar surface area (TPSA) is 60.4 Å². The standard InChI is InChI=1S/C27H26F2N2O4/c1-17-4-6-18(7-5-17)25-13-22(35-30-25)16-31(15-19-8-9-20(28)12-24(19)29)27(32)23-11-10-21(33-2)14-26(23)34-3/h4-12,14,22H,13,15-16H2,1-3H3. The highest BCUT2D eigenvalue weighted by molar-refractivity contribution is 6.01. The SMILES string of the molecule is COc1ccc(C(=O)N(Cc2ccc(F)cc2F)CC2CC(c3ccc(C)cc3)=NO2)c(OC)c1. The number of benzene rings is 3. The zero-order valence-electron chi connectivity index (χ0n) is 19.8. The predicted molar refractivity (Wildman–Crippen MR) is 128 cm³/mol. The van der Waals surface area contributed by atoms with E-state index in [1.165, 1.54) is 31.3 Å². The van der Waals surface area contributed by atoms with Crippen LogP contribution >= 0.6 is 0 Å². The summed E-state index contributed by atoms with van der Waals surface area (Å²) < 4.78 is 38.5. The summed E-state index contributed by atoms with van der Waals surface area (Å²) in [4.78, 5) is 20.7. The molecule has 0 radical (unpaired) electrons. The molecule has 1 unspecified atom stereocenters. The molecule has 0 N–H and O–H groups in total. The summed E-state index contributed by atoms with van der Waals surface area (Å²) in [7, 11) is 2.97. The van der Waals surface area contributed by atoms with Crippen LogP contribution in [0.15, 0.2) is 65.8 Å². The monoisotopic (exact) mass is 480 g/mol. The summed E-state index contributed by atoms with van der Waals surface area (Å²) in [6, 6.07) is 16.1. The number of rotatable bonds is 8. The molecule has 0 spiro atoms. The fraction of sp³-hybridized carbons (Fsp3) is 0.259. The maximum Gasteiger partial charge on any atom is 0.258 e. The fourth-order valence-electron chi connectivity index (χ4n) is 3.91. The normalized spacial score (nSPS) is 14.8. The maximum atomic E-state index is 14.5. The van der Waals surface area contributed by atoms with Gasteiger partial charge < -0.3 is 19.2 Å². The Morgan fingerprint density at radius 1 is 1.06 bits per heavy atom. The highest BCUT2D eigenvalue weighted by Crippen LogP contribution is 2.28. The number of halogens is 2. The van der Waals surface area contributed by atoms with E-state index in [0.29, 0.717) is 17.9 Å². The molecule has 3 aromatic rings. The minimum absolute atomic E-state index is 0.0835. The van der Waals surface area contributed by atoms with E-state index in [2.05, 4.69) is 5.16 Å². The molecule has 1 heterocycles. The Bertz CT molecular complexity index is 1240. The number of oxime groups is 1. The van der Waals surface area contributed by atoms with Gasteiger partial charge in [0, 0.05) is 30.7 Å². The first kappa shape index (κ1) is 24.2. The van der Waals surface area contributed by atoms with Crippen LogP contribution in [0.3, 0.4) is 0 Å². The van der Waals surface area contributed by atoms with Gasteiger partial charge in [-0.3, -0.25) is 4.79 Å². The van der Waals surface area contributed by atoms with Gasteiger partial charge in [-0.2, -0.15) is 0 Å². The first-order valence-electron chi connectivity index (χ1n) is 11.1. The number of ether oxygens (including phenoxy) is 2. The van der Waals surface area contributed by atoms with Gasteiger partial charge in [-0.1, -0.05) is 41.1 Å². The van der Waals surface area contributed by atoms with Crippen LogP contribution in [0.25, 0.3) is 0 Å². The van der Waals surface area contributed by atoms with E-state index in [4.69, 9.17) is 14.3 Å². The third-order valence-electron chi connectivity index (χ3n) is 5.84. The van der Waals surface area contributed by atoms with Gasteiger partial charge in [0.05, 0.1) is 32.0 Å². The van der Waals surface area contributed by atoms with Crippen molar-refractivity contribution >= 4 is 11.6 Å². The van der Waals surface area contributed by atoms with E-state index in [9.17, 15) is 13.6 Å². The molecule has 1 aliphatic heterocycles. The van der Waals surface area contributed by atoms with Crippen LogP contribution in [0.1, 0.15) is 33.5 Å². The Morgan fingerprint density at radius 3 is 2.51 bits per heavy atom. The summed E-state index contributed by atoms with van der Waals surface area (Å²) in [5.74, 6) is -0.946. The summed E-state index contributed by atoms with van der Waals surface area (Å²) in [6.45, 7) is 2.06. The highest BCUT2D eigenvalue weighted by atomic mass is 19.1. The second-order valence-corrected chi connectivity index (χ2v) is 8.32. The molecule has 1 aliphatic rings. The van der Waals surface area contributed by atoms with Crippen molar-refractivity contribution in [3.05, 3.63) is 94.6 Å². The zero-order valence-corrected chi connectivity index (χ0v) is 19.8. The molecule has 0 fully saturated rings. The Kier molecular flexibility index (Phi) is 7.29. The van der Waals surface area contributed by atoms with Crippen molar-refractivity contribution in [2.45, 2.75) is 26.0 Å². The Labute approximate surface area is 202 Å². The smallest absolute Gasteiger partial charge is 0.258 e. The molecular formula is C27H26F2N2O4. The Morgan fingerprint density at radius 2 is 1.83 bits per heavy atom. The van der Waals surface area contributed by atoms with E-state index in [0.717, 1.165) is 22.9 Å². The van der Waals surface area contributed by atoms with Crippen molar-refractivity contribution in [3.8, 4) is 11.5 Å². The van der Waals surface area contributed by atoms with Crippen LogP contribution < -0.4 is 9.47 Å². The average Bonchev–Trinajstić information content (AvgIpc) is 3.33. The molecule has 35 heavy (non-hydrogen) atoms. The number of methoxy groups -OCH3 is 2. The maximum absolute atomic E-state index is 14.5. The Balaban J connectivity index is 1.58. The van der Waals surface area contributed by atoms with Crippen LogP contribution in [0.4, 0.5) is 8.78 Å².